The van der Waals surface area contributed by atoms with Gasteiger partial charge in [0, 0.05) is 5.92 Å². The Morgan fingerprint density at radius 1 is 1.32 bits per heavy atom. The van der Waals surface area contributed by atoms with E-state index in [9.17, 15) is 17.7 Å². The SMILES string of the molecule is CC(/C=N/[S@+]([O-])C(C)(C)C)c1cccc(C#N)c1C(F)(F)F. The highest BCUT2D eigenvalue weighted by molar-refractivity contribution is 7.91. The molecule has 1 aromatic carbocycles. The predicted molar refractivity (Wildman–Crippen MR) is 81.0 cm³/mol. The van der Waals surface area contributed by atoms with Crippen molar-refractivity contribution in [3.63, 3.8) is 0 Å². The molecular formula is C15H17F3N2OS. The van der Waals surface area contributed by atoms with E-state index in [-0.39, 0.29) is 5.56 Å². The van der Waals surface area contributed by atoms with Crippen LogP contribution in [-0.4, -0.2) is 15.5 Å². The summed E-state index contributed by atoms with van der Waals surface area (Å²) in [6, 6.07) is 5.39. The third kappa shape index (κ3) is 4.49. The number of rotatable bonds is 3. The minimum Gasteiger partial charge on any atom is -0.591 e. The molecule has 0 bridgehead atoms. The number of hydrogen-bond acceptors (Lipinski definition) is 3. The summed E-state index contributed by atoms with van der Waals surface area (Å²) >= 11 is -1.54. The normalized spacial score (nSPS) is 15.6. The van der Waals surface area contributed by atoms with Crippen molar-refractivity contribution in [3.05, 3.63) is 34.9 Å². The van der Waals surface area contributed by atoms with Gasteiger partial charge in [-0.3, -0.25) is 0 Å². The van der Waals surface area contributed by atoms with Crippen LogP contribution in [0.5, 0.6) is 0 Å². The van der Waals surface area contributed by atoms with Crippen LogP contribution >= 0.6 is 0 Å². The maximum Gasteiger partial charge on any atom is 0.417 e. The molecule has 7 heteroatoms. The summed E-state index contributed by atoms with van der Waals surface area (Å²) < 4.78 is 54.7. The molecule has 22 heavy (non-hydrogen) atoms. The van der Waals surface area contributed by atoms with Crippen molar-refractivity contribution in [1.29, 1.82) is 5.26 Å². The summed E-state index contributed by atoms with van der Waals surface area (Å²) in [5, 5.41) is 8.88. The molecule has 1 unspecified atom stereocenters. The molecule has 2 atom stereocenters. The lowest BCUT2D eigenvalue weighted by molar-refractivity contribution is -0.138. The molecule has 120 valence electrons. The highest BCUT2D eigenvalue weighted by Gasteiger charge is 2.37. The fraction of sp³-hybridized carbons (Fsp3) is 0.467. The first kappa shape index (κ1) is 18.5. The maximum atomic E-state index is 13.2. The molecule has 0 radical (unpaired) electrons. The number of nitrogens with zero attached hydrogens (tertiary/aromatic N) is 2. The molecule has 3 nitrogen and oxygen atoms in total. The first-order valence-corrected chi connectivity index (χ1v) is 7.65. The summed E-state index contributed by atoms with van der Waals surface area (Å²) in [6.07, 6.45) is -3.39. The number of hydrogen-bond donors (Lipinski definition) is 0. The molecule has 0 spiro atoms. The van der Waals surface area contributed by atoms with Crippen LogP contribution in [0.25, 0.3) is 0 Å². The van der Waals surface area contributed by atoms with E-state index in [1.165, 1.54) is 25.3 Å². The molecule has 0 saturated heterocycles. The van der Waals surface area contributed by atoms with Crippen LogP contribution in [0, 0.1) is 11.3 Å². The van der Waals surface area contributed by atoms with Crippen LogP contribution in [-0.2, 0) is 17.5 Å². The Kier molecular flexibility index (Phi) is 5.65. The highest BCUT2D eigenvalue weighted by atomic mass is 32.2. The van der Waals surface area contributed by atoms with Gasteiger partial charge >= 0.3 is 6.18 Å². The fourth-order valence-electron chi connectivity index (χ4n) is 1.74. The quantitative estimate of drug-likeness (QED) is 0.615. The Labute approximate surface area is 131 Å². The van der Waals surface area contributed by atoms with E-state index in [2.05, 4.69) is 4.40 Å². The van der Waals surface area contributed by atoms with E-state index < -0.39 is 39.3 Å². The van der Waals surface area contributed by atoms with E-state index >= 15 is 0 Å². The van der Waals surface area contributed by atoms with Crippen molar-refractivity contribution >= 4 is 17.6 Å². The van der Waals surface area contributed by atoms with Crippen LogP contribution in [0.3, 0.4) is 0 Å². The summed E-state index contributed by atoms with van der Waals surface area (Å²) in [5.41, 5.74) is -1.44. The van der Waals surface area contributed by atoms with Gasteiger partial charge in [-0.15, -0.1) is 0 Å². The molecule has 0 saturated carbocycles. The van der Waals surface area contributed by atoms with E-state index in [4.69, 9.17) is 5.26 Å². The van der Waals surface area contributed by atoms with Gasteiger partial charge in [-0.2, -0.15) is 18.4 Å². The molecule has 1 rings (SSSR count). The van der Waals surface area contributed by atoms with Crippen molar-refractivity contribution < 1.29 is 17.7 Å². The average Bonchev–Trinajstić information content (AvgIpc) is 2.41. The minimum atomic E-state index is -4.63. The highest BCUT2D eigenvalue weighted by Crippen LogP contribution is 2.37. The third-order valence-corrected chi connectivity index (χ3v) is 4.26. The number of nitriles is 1. The van der Waals surface area contributed by atoms with Crippen molar-refractivity contribution in [2.24, 2.45) is 4.40 Å². The summed E-state index contributed by atoms with van der Waals surface area (Å²) in [4.78, 5) is 0. The number of benzene rings is 1. The van der Waals surface area contributed by atoms with E-state index in [1.54, 1.807) is 26.8 Å². The van der Waals surface area contributed by atoms with Crippen molar-refractivity contribution in [1.82, 2.24) is 0 Å². The number of halogens is 3. The smallest absolute Gasteiger partial charge is 0.417 e. The van der Waals surface area contributed by atoms with Gasteiger partial charge in [0.15, 0.2) is 0 Å². The number of alkyl halides is 3. The zero-order valence-corrected chi connectivity index (χ0v) is 13.5. The lowest BCUT2D eigenvalue weighted by atomic mass is 9.93. The molecule has 0 heterocycles. The van der Waals surface area contributed by atoms with Gasteiger partial charge in [-0.05, 0) is 32.4 Å². The van der Waals surface area contributed by atoms with Crippen molar-refractivity contribution in [2.75, 3.05) is 0 Å². The Hall–Kier alpha value is -1.52. The Bertz CT molecular complexity index is 600. The molecule has 1 aromatic rings. The Morgan fingerprint density at radius 2 is 1.91 bits per heavy atom. The molecular weight excluding hydrogens is 313 g/mol. The van der Waals surface area contributed by atoms with Gasteiger partial charge in [-0.25, -0.2) is 0 Å². The molecule has 0 aromatic heterocycles. The zero-order valence-electron chi connectivity index (χ0n) is 12.7. The van der Waals surface area contributed by atoms with Crippen LogP contribution < -0.4 is 0 Å². The van der Waals surface area contributed by atoms with Crippen molar-refractivity contribution in [3.8, 4) is 6.07 Å². The topological polar surface area (TPSA) is 59.2 Å². The Balaban J connectivity index is 3.23. The van der Waals surface area contributed by atoms with Gasteiger partial charge < -0.3 is 4.55 Å². The van der Waals surface area contributed by atoms with E-state index in [0.29, 0.717) is 0 Å². The van der Waals surface area contributed by atoms with E-state index in [1.807, 2.05) is 0 Å². The fourth-order valence-corrected chi connectivity index (χ4v) is 2.35. The van der Waals surface area contributed by atoms with Crippen LogP contribution in [0.15, 0.2) is 22.6 Å². The predicted octanol–water partition coefficient (Wildman–Crippen LogP) is 4.21. The average molecular weight is 330 g/mol. The molecule has 0 aliphatic rings. The van der Waals surface area contributed by atoms with Gasteiger partial charge in [-0.1, -0.05) is 23.5 Å². The van der Waals surface area contributed by atoms with Gasteiger partial charge in [0.2, 0.25) is 0 Å². The summed E-state index contributed by atoms with van der Waals surface area (Å²) in [7, 11) is 0. The minimum absolute atomic E-state index is 0.0544. The first-order valence-electron chi connectivity index (χ1n) is 6.55. The maximum absolute atomic E-state index is 13.2. The largest absolute Gasteiger partial charge is 0.591 e. The summed E-state index contributed by atoms with van der Waals surface area (Å²) in [5.74, 6) is -0.712. The molecule has 0 amide bonds. The van der Waals surface area contributed by atoms with Crippen molar-refractivity contribution in [2.45, 2.75) is 44.5 Å². The van der Waals surface area contributed by atoms with Gasteiger partial charge in [0.1, 0.15) is 16.1 Å². The van der Waals surface area contributed by atoms with Gasteiger partial charge in [0.25, 0.3) is 0 Å². The van der Waals surface area contributed by atoms with Crippen LogP contribution in [0.4, 0.5) is 13.2 Å². The Morgan fingerprint density at radius 3 is 2.36 bits per heavy atom. The second kappa shape index (κ2) is 6.71. The van der Waals surface area contributed by atoms with Crippen LogP contribution in [0.2, 0.25) is 0 Å². The molecule has 0 aliphatic carbocycles. The second-order valence-electron chi connectivity index (χ2n) is 5.78. The first-order chi connectivity index (χ1) is 9.98. The molecule has 0 N–H and O–H groups in total. The second-order valence-corrected chi connectivity index (χ2v) is 7.72. The standard InChI is InChI=1S/C15H17F3N2OS/c1-10(9-20-22(21)14(2,3)4)12-7-5-6-11(8-19)13(12)15(16,17)18/h5-7,9-10H,1-4H3/b20-9+/t10?,22-/m1/s1. The van der Waals surface area contributed by atoms with Crippen LogP contribution in [0.1, 0.15) is 50.3 Å². The zero-order chi connectivity index (χ0) is 17.1. The lowest BCUT2D eigenvalue weighted by Gasteiger charge is -2.19. The van der Waals surface area contributed by atoms with E-state index in [0.717, 1.165) is 6.07 Å². The molecule has 0 aliphatic heterocycles. The summed E-state index contributed by atoms with van der Waals surface area (Å²) in [6.45, 7) is 6.70. The molecule has 0 fully saturated rings. The lowest BCUT2D eigenvalue weighted by Crippen LogP contribution is -2.26. The van der Waals surface area contributed by atoms with Gasteiger partial charge in [0.05, 0.1) is 23.4 Å². The monoisotopic (exact) mass is 330 g/mol. The third-order valence-electron chi connectivity index (χ3n) is 2.90.